The minimum atomic E-state index is -1.84. The van der Waals surface area contributed by atoms with Crippen LogP contribution in [0, 0.1) is 5.92 Å². The molecule has 21 N–H and O–H groups in total. The molecule has 2 fully saturated rings. The highest BCUT2D eigenvalue weighted by molar-refractivity contribution is 8.00. The smallest absolute Gasteiger partial charge is 0.245 e. The summed E-state index contributed by atoms with van der Waals surface area (Å²) in [7, 11) is 5.39. The summed E-state index contributed by atoms with van der Waals surface area (Å²) >= 11 is 0.782. The van der Waals surface area contributed by atoms with Crippen LogP contribution in [-0.4, -0.2) is 317 Å². The fourth-order valence-corrected chi connectivity index (χ4v) is 16.6. The number of likely N-dealkylation sites (N-methyl/N-ethyl adjacent to an activating group) is 4. The molecule has 698 valence electrons. The molecule has 0 saturated carbocycles. The molecule has 16 atom stereocenters. The van der Waals surface area contributed by atoms with Crippen LogP contribution < -0.4 is 64.6 Å². The number of aromatic nitrogens is 4. The van der Waals surface area contributed by atoms with Gasteiger partial charge in [-0.15, -0.1) is 11.8 Å². The lowest BCUT2D eigenvalue weighted by atomic mass is 9.99. The van der Waals surface area contributed by atoms with Crippen LogP contribution in [0.4, 0.5) is 0 Å². The first kappa shape index (κ1) is 102. The highest BCUT2D eigenvalue weighted by Crippen LogP contribution is 2.27. The minimum absolute atomic E-state index is 0.00872. The molecule has 2 aliphatic rings. The van der Waals surface area contributed by atoms with Crippen molar-refractivity contribution in [3.05, 3.63) is 126 Å². The van der Waals surface area contributed by atoms with Gasteiger partial charge in [0, 0.05) is 105 Å². The lowest BCUT2D eigenvalue weighted by molar-refractivity contribution is -0.147. The summed E-state index contributed by atoms with van der Waals surface area (Å²) in [5, 5.41) is 75.2. The highest BCUT2D eigenvalue weighted by atomic mass is 32.2. The zero-order chi connectivity index (χ0) is 93.8. The number of primary amides is 2. The first-order valence-corrected chi connectivity index (χ1v) is 44.2. The van der Waals surface area contributed by atoms with Gasteiger partial charge in [-0.3, -0.25) is 81.7 Å². The molecule has 3 aromatic carbocycles. The molecule has 0 bridgehead atoms. The molecular weight excluding hydrogens is 1680 g/mol. The van der Waals surface area contributed by atoms with E-state index >= 15 is 14.4 Å². The molecule has 0 radical (unpaired) electrons. The number of aliphatic hydroxyl groups is 4. The van der Waals surface area contributed by atoms with E-state index in [1.165, 1.54) is 69.3 Å². The van der Waals surface area contributed by atoms with Gasteiger partial charge in [0.25, 0.3) is 0 Å². The lowest BCUT2D eigenvalue weighted by Crippen LogP contribution is -2.63. The Morgan fingerprint density at radius 2 is 1.15 bits per heavy atom. The van der Waals surface area contributed by atoms with Gasteiger partial charge in [-0.25, -0.2) is 4.98 Å². The molecule has 6 aromatic rings. The SMILES string of the molecule is CCCCC1C(O)N(C)C(CCCC)C(=O)NC(C(C)O)C(=O)NC(C(=O)NCC(N)=O)CSCC(=O)NC(Cc2ccccc2)C(=O)N(C)C(C)C(=O)NC(CC(N)=O)C(O)N2CCCC2C(=O)NC(Cc2cnc[nH]2)C(=O)NC(CC(C)C)C(=O)N(C)CC(=O)NC(Cc2c[nH]c3ccccc23)C(=O)NC(CO)C(=O)NC(Cc2c[nH]c3ccccc23)C(=O)N1C. The van der Waals surface area contributed by atoms with Gasteiger partial charge in [-0.05, 0) is 87.7 Å². The van der Waals surface area contributed by atoms with Crippen molar-refractivity contribution in [2.45, 2.75) is 229 Å². The number of benzene rings is 3. The Labute approximate surface area is 746 Å². The monoisotopic (exact) mass is 1800 g/mol. The fourth-order valence-electron chi connectivity index (χ4n) is 15.7. The molecule has 5 heterocycles. The first-order valence-electron chi connectivity index (χ1n) is 43.1. The predicted molar refractivity (Wildman–Crippen MR) is 474 cm³/mol. The second-order valence-corrected chi connectivity index (χ2v) is 34.2. The Bertz CT molecular complexity index is 4800. The zero-order valence-electron chi connectivity index (χ0n) is 73.9. The van der Waals surface area contributed by atoms with Crippen LogP contribution in [-0.2, 0) is 97.6 Å². The molecule has 0 spiro atoms. The van der Waals surface area contributed by atoms with Crippen molar-refractivity contribution in [3.63, 3.8) is 0 Å². The van der Waals surface area contributed by atoms with E-state index in [4.69, 9.17) is 11.5 Å². The molecule has 40 nitrogen and oxygen atoms in total. The fraction of sp³-hybridized carbons (Fsp3) is 0.540. The third-order valence-electron chi connectivity index (χ3n) is 23.0. The molecule has 15 amide bonds. The molecule has 2 aliphatic heterocycles. The van der Waals surface area contributed by atoms with Gasteiger partial charge in [0.2, 0.25) is 88.6 Å². The summed E-state index contributed by atoms with van der Waals surface area (Å²) < 4.78 is 0. The van der Waals surface area contributed by atoms with Crippen molar-refractivity contribution in [2.24, 2.45) is 17.4 Å². The number of thioether (sulfide) groups is 1. The van der Waals surface area contributed by atoms with E-state index in [2.05, 4.69) is 73.1 Å². The number of fused-ring (bicyclic) bond motifs is 3. The zero-order valence-corrected chi connectivity index (χ0v) is 74.7. The molecule has 41 heteroatoms. The van der Waals surface area contributed by atoms with Crippen LogP contribution in [0.15, 0.2) is 104 Å². The van der Waals surface area contributed by atoms with E-state index in [1.807, 2.05) is 13.8 Å². The summed E-state index contributed by atoms with van der Waals surface area (Å²) in [6, 6.07) is 3.42. The normalized spacial score (nSPS) is 25.6. The Balaban J connectivity index is 1.16. The van der Waals surface area contributed by atoms with Gasteiger partial charge in [0.05, 0.1) is 68.5 Å². The number of hydrogen-bond acceptors (Lipinski definition) is 23. The Hall–Kier alpha value is -11.9. The maximum absolute atomic E-state index is 15.6. The van der Waals surface area contributed by atoms with Crippen LogP contribution in [0.25, 0.3) is 21.8 Å². The van der Waals surface area contributed by atoms with Gasteiger partial charge in [-0.1, -0.05) is 120 Å². The molecule has 8 rings (SSSR count). The van der Waals surface area contributed by atoms with E-state index < -0.39 is 223 Å². The molecule has 0 aliphatic carbocycles. The number of unbranched alkanes of at least 4 members (excludes halogenated alkanes) is 2. The number of nitrogens with two attached hydrogens (primary N) is 2. The second-order valence-electron chi connectivity index (χ2n) is 33.2. The molecule has 16 unspecified atom stereocenters. The average Bonchev–Trinajstić information content (AvgIpc) is 1.12. The summed E-state index contributed by atoms with van der Waals surface area (Å²) in [5.74, 6) is -14.9. The van der Waals surface area contributed by atoms with Gasteiger partial charge in [0.15, 0.2) is 0 Å². The van der Waals surface area contributed by atoms with Gasteiger partial charge < -0.3 is 115 Å². The number of imidazole rings is 1. The number of H-pyrrole nitrogens is 3. The maximum atomic E-state index is 15.6. The van der Waals surface area contributed by atoms with Crippen LogP contribution >= 0.6 is 11.8 Å². The number of aliphatic hydroxyl groups excluding tert-OH is 4. The third kappa shape index (κ3) is 28.6. The van der Waals surface area contributed by atoms with E-state index in [0.717, 1.165) is 21.6 Å². The van der Waals surface area contributed by atoms with Crippen LogP contribution in [0.3, 0.4) is 0 Å². The average molecular weight is 1800 g/mol. The third-order valence-corrected chi connectivity index (χ3v) is 24.0. The number of aromatic amines is 3. The number of nitrogens with one attached hydrogen (secondary N) is 13. The quantitative estimate of drug-likeness (QED) is 0.0317. The van der Waals surface area contributed by atoms with Crippen molar-refractivity contribution >= 4 is 122 Å². The predicted octanol–water partition coefficient (Wildman–Crippen LogP) is -2.44. The number of rotatable bonds is 23. The Kier molecular flexibility index (Phi) is 38.8. The van der Waals surface area contributed by atoms with Crippen molar-refractivity contribution in [1.82, 2.24) is 97.6 Å². The summed E-state index contributed by atoms with van der Waals surface area (Å²) in [6.45, 7) is 7.32. The van der Waals surface area contributed by atoms with Crippen LogP contribution in [0.2, 0.25) is 0 Å². The number of para-hydroxylation sites is 2. The van der Waals surface area contributed by atoms with Crippen molar-refractivity contribution in [3.8, 4) is 0 Å². The summed E-state index contributed by atoms with van der Waals surface area (Å²) in [6.07, 6.45) is 1.57. The van der Waals surface area contributed by atoms with Gasteiger partial charge >= 0.3 is 0 Å². The van der Waals surface area contributed by atoms with Gasteiger partial charge in [-0.2, -0.15) is 0 Å². The Morgan fingerprint density at radius 3 is 1.74 bits per heavy atom. The summed E-state index contributed by atoms with van der Waals surface area (Å²) in [5.41, 5.74) is 14.5. The number of nitrogens with zero attached hydrogens (tertiary/aromatic N) is 6. The highest BCUT2D eigenvalue weighted by Gasteiger charge is 2.45. The van der Waals surface area contributed by atoms with Crippen molar-refractivity contribution in [1.29, 1.82) is 0 Å². The maximum Gasteiger partial charge on any atom is 0.245 e. The van der Waals surface area contributed by atoms with E-state index in [-0.39, 0.29) is 70.3 Å². The van der Waals surface area contributed by atoms with E-state index in [0.29, 0.717) is 69.9 Å². The minimum Gasteiger partial charge on any atom is -0.394 e. The Morgan fingerprint density at radius 1 is 0.586 bits per heavy atom. The van der Waals surface area contributed by atoms with Gasteiger partial charge in [0.1, 0.15) is 66.8 Å². The first-order chi connectivity index (χ1) is 60.9. The molecular formula is C87H125N21O19S. The van der Waals surface area contributed by atoms with Crippen LogP contribution in [0.1, 0.15) is 128 Å². The number of carbonyl (C=O) groups excluding carboxylic acids is 15. The van der Waals surface area contributed by atoms with Crippen molar-refractivity contribution < 1.29 is 92.3 Å². The number of carbonyl (C=O) groups is 15. The summed E-state index contributed by atoms with van der Waals surface area (Å²) in [4.78, 5) is 236. The standard InChI is InChI=1S/C87H125N21O19S/c1-11-13-29-67-80(120)103-74(50(6)110)82(122)102-66(76(116)93-42-71(89)112)45-128-46-73(114)96-62(34-51-23-16-15-17-24-51)84(124)105(8)49(5)75(115)98-64(38-70(88)111)86(126)108-32-22-31-68(108)81(121)97-60(37-54-41-90-47-94-54)78(118)99-61(33-48(3)4)83(123)104(7)43-72(113)95-59(35-52-39-91-57-27-20-18-25-55(52)57)77(117)101-65(44-109)79(119)100-63(36-53-40-92-58-28-21-19-26-56(53)58)85(125)107(10)69(30-14-12-2)87(127)106(67)9/h15-21,23-28,39-41,47-50,59-69,74,86-87,91-92,109-110,126-127H,11-14,22,29-38,42-46H2,1-10H3,(H2,88,111)(H2,89,112)(H,90,94)(H,93,116)(H,95,113)(H,96,114)(H,97,121)(H,98,115)(H,99,118)(H,100,119)(H,101,117)(H,102,122)(H,103,120). The van der Waals surface area contributed by atoms with Crippen LogP contribution in [0.5, 0.6) is 0 Å². The lowest BCUT2D eigenvalue weighted by Gasteiger charge is -2.41. The van der Waals surface area contributed by atoms with E-state index in [1.54, 1.807) is 105 Å². The molecule has 2 saturated heterocycles. The molecule has 3 aromatic heterocycles. The molecule has 128 heavy (non-hydrogen) atoms. The number of hydrogen-bond donors (Lipinski definition) is 19. The topological polar surface area (TPSA) is 586 Å². The largest absolute Gasteiger partial charge is 0.394 e. The second kappa shape index (κ2) is 48.9. The van der Waals surface area contributed by atoms with E-state index in [9.17, 15) is 78.0 Å². The van der Waals surface area contributed by atoms with Crippen molar-refractivity contribution in [2.75, 3.05) is 65.9 Å². The number of amides is 15.